The molecule has 156 valence electrons. The standard InChI is InChI=1S/C21H33FN4O2/c1-3-4-5-6-17(2)23-20(27)15-25-11-13-26(14-12-25)16-21(28)24-19-9-7-18(22)8-10-19/h7-10,17H,3-6,11-16H2,1-2H3,(H,23,27)(H,24,28)/p+2/t17-/m0/s1. The lowest BCUT2D eigenvalue weighted by Gasteiger charge is -2.29. The highest BCUT2D eigenvalue weighted by Gasteiger charge is 2.26. The number of amides is 2. The van der Waals surface area contributed by atoms with Crippen molar-refractivity contribution < 1.29 is 23.8 Å². The molecule has 4 N–H and O–H groups in total. The summed E-state index contributed by atoms with van der Waals surface area (Å²) in [5.74, 6) is -0.262. The van der Waals surface area contributed by atoms with Gasteiger partial charge in [-0.15, -0.1) is 0 Å². The van der Waals surface area contributed by atoms with Gasteiger partial charge in [0, 0.05) is 11.7 Å². The van der Waals surface area contributed by atoms with E-state index in [1.54, 1.807) is 12.1 Å². The van der Waals surface area contributed by atoms with E-state index in [1.807, 2.05) is 0 Å². The van der Waals surface area contributed by atoms with Crippen molar-refractivity contribution in [2.75, 3.05) is 44.6 Å². The van der Waals surface area contributed by atoms with E-state index in [0.717, 1.165) is 39.0 Å². The second kappa shape index (κ2) is 11.8. The normalized spacial score (nSPS) is 20.4. The van der Waals surface area contributed by atoms with Gasteiger partial charge in [-0.1, -0.05) is 26.2 Å². The van der Waals surface area contributed by atoms with Crippen LogP contribution in [0, 0.1) is 5.82 Å². The van der Waals surface area contributed by atoms with E-state index >= 15 is 0 Å². The smallest absolute Gasteiger partial charge is 0.279 e. The molecule has 0 spiro atoms. The first-order chi connectivity index (χ1) is 13.5. The second-order valence-electron chi connectivity index (χ2n) is 7.87. The van der Waals surface area contributed by atoms with Gasteiger partial charge in [-0.05, 0) is 37.6 Å². The molecule has 0 saturated carbocycles. The van der Waals surface area contributed by atoms with Crippen molar-refractivity contribution >= 4 is 17.5 Å². The predicted octanol–water partition coefficient (Wildman–Crippen LogP) is -0.367. The molecule has 0 radical (unpaired) electrons. The van der Waals surface area contributed by atoms with Gasteiger partial charge in [-0.25, -0.2) is 4.39 Å². The summed E-state index contributed by atoms with van der Waals surface area (Å²) >= 11 is 0. The van der Waals surface area contributed by atoms with Crippen molar-refractivity contribution in [1.29, 1.82) is 0 Å². The number of nitrogens with one attached hydrogen (secondary N) is 4. The summed E-state index contributed by atoms with van der Waals surface area (Å²) in [6.07, 6.45) is 4.60. The molecule has 1 heterocycles. The lowest BCUT2D eigenvalue weighted by atomic mass is 10.1. The number of carbonyl (C=O) groups is 2. The molecule has 1 aromatic carbocycles. The number of carbonyl (C=O) groups excluding carboxylic acids is 2. The van der Waals surface area contributed by atoms with E-state index in [1.165, 1.54) is 34.8 Å². The van der Waals surface area contributed by atoms with Crippen LogP contribution in [0.15, 0.2) is 24.3 Å². The van der Waals surface area contributed by atoms with Crippen LogP contribution in [-0.4, -0.2) is 57.1 Å². The molecule has 2 amide bonds. The largest absolute Gasteiger partial charge is 0.349 e. The molecule has 0 bridgehead atoms. The average molecular weight is 395 g/mol. The molecule has 0 unspecified atom stereocenters. The number of hydrogen-bond donors (Lipinski definition) is 4. The fraction of sp³-hybridized carbons (Fsp3) is 0.619. The van der Waals surface area contributed by atoms with Gasteiger partial charge in [-0.3, -0.25) is 9.59 Å². The molecule has 7 heteroatoms. The molecule has 0 aromatic heterocycles. The molecular formula is C21H35FN4O2+2. The predicted molar refractivity (Wildman–Crippen MR) is 108 cm³/mol. The summed E-state index contributed by atoms with van der Waals surface area (Å²) in [6.45, 7) is 8.66. The minimum absolute atomic E-state index is 0.0660. The Labute approximate surface area is 167 Å². The average Bonchev–Trinajstić information content (AvgIpc) is 2.65. The molecule has 2 rings (SSSR count). The Morgan fingerprint density at radius 1 is 1.00 bits per heavy atom. The molecule has 1 aliphatic rings. The first kappa shape index (κ1) is 22.3. The highest BCUT2D eigenvalue weighted by Crippen LogP contribution is 2.07. The number of rotatable bonds is 10. The molecule has 6 nitrogen and oxygen atoms in total. The summed E-state index contributed by atoms with van der Waals surface area (Å²) in [7, 11) is 0. The maximum Gasteiger partial charge on any atom is 0.279 e. The number of hydrogen-bond acceptors (Lipinski definition) is 2. The summed E-state index contributed by atoms with van der Waals surface area (Å²) in [6, 6.07) is 6.03. The first-order valence-electron chi connectivity index (χ1n) is 10.5. The van der Waals surface area contributed by atoms with E-state index in [0.29, 0.717) is 18.8 Å². The van der Waals surface area contributed by atoms with Crippen molar-refractivity contribution in [3.63, 3.8) is 0 Å². The van der Waals surface area contributed by atoms with Crippen LogP contribution in [0.4, 0.5) is 10.1 Å². The summed E-state index contributed by atoms with van der Waals surface area (Å²) < 4.78 is 12.9. The van der Waals surface area contributed by atoms with Gasteiger partial charge in [0.15, 0.2) is 13.1 Å². The number of benzene rings is 1. The second-order valence-corrected chi connectivity index (χ2v) is 7.87. The molecule has 1 aliphatic heterocycles. The van der Waals surface area contributed by atoms with Crippen LogP contribution >= 0.6 is 0 Å². The Bertz CT molecular complexity index is 615. The van der Waals surface area contributed by atoms with Crippen molar-refractivity contribution in [3.05, 3.63) is 30.1 Å². The van der Waals surface area contributed by atoms with Crippen molar-refractivity contribution in [2.45, 2.75) is 45.6 Å². The monoisotopic (exact) mass is 394 g/mol. The number of quaternary nitrogens is 2. The third-order valence-corrected chi connectivity index (χ3v) is 5.26. The summed E-state index contributed by atoms with van der Waals surface area (Å²) in [5, 5.41) is 5.91. The van der Waals surface area contributed by atoms with Crippen LogP contribution in [-0.2, 0) is 9.59 Å². The zero-order chi connectivity index (χ0) is 20.4. The number of unbranched alkanes of at least 4 members (excludes halogenated alkanes) is 2. The fourth-order valence-corrected chi connectivity index (χ4v) is 3.60. The van der Waals surface area contributed by atoms with Crippen LogP contribution in [0.25, 0.3) is 0 Å². The maximum atomic E-state index is 12.9. The van der Waals surface area contributed by atoms with Crippen LogP contribution < -0.4 is 20.4 Å². The number of halogens is 1. The topological polar surface area (TPSA) is 67.1 Å². The maximum absolute atomic E-state index is 12.9. The molecular weight excluding hydrogens is 359 g/mol. The highest BCUT2D eigenvalue weighted by atomic mass is 19.1. The van der Waals surface area contributed by atoms with Crippen LogP contribution in [0.1, 0.15) is 39.5 Å². The lowest BCUT2D eigenvalue weighted by molar-refractivity contribution is -1.00. The van der Waals surface area contributed by atoms with Gasteiger partial charge in [0.2, 0.25) is 0 Å². The lowest BCUT2D eigenvalue weighted by Crippen LogP contribution is -3.28. The summed E-state index contributed by atoms with van der Waals surface area (Å²) in [5.41, 5.74) is 0.611. The Morgan fingerprint density at radius 2 is 1.57 bits per heavy atom. The van der Waals surface area contributed by atoms with Gasteiger partial charge < -0.3 is 20.4 Å². The van der Waals surface area contributed by atoms with E-state index < -0.39 is 0 Å². The third-order valence-electron chi connectivity index (χ3n) is 5.26. The molecule has 1 atom stereocenters. The van der Waals surface area contributed by atoms with E-state index in [2.05, 4.69) is 24.5 Å². The van der Waals surface area contributed by atoms with Gasteiger partial charge in [-0.2, -0.15) is 0 Å². The molecule has 1 aromatic rings. The Morgan fingerprint density at radius 3 is 2.14 bits per heavy atom. The van der Waals surface area contributed by atoms with Gasteiger partial charge in [0.05, 0.1) is 0 Å². The number of piperazine rings is 1. The summed E-state index contributed by atoms with van der Waals surface area (Å²) in [4.78, 5) is 26.9. The molecule has 1 saturated heterocycles. The quantitative estimate of drug-likeness (QED) is 0.409. The molecule has 0 aliphatic carbocycles. The van der Waals surface area contributed by atoms with Crippen molar-refractivity contribution in [1.82, 2.24) is 5.32 Å². The van der Waals surface area contributed by atoms with Crippen LogP contribution in [0.3, 0.4) is 0 Å². The number of anilines is 1. The zero-order valence-corrected chi connectivity index (χ0v) is 17.2. The van der Waals surface area contributed by atoms with Crippen LogP contribution in [0.5, 0.6) is 0 Å². The van der Waals surface area contributed by atoms with Gasteiger partial charge in [0.1, 0.15) is 32.0 Å². The third kappa shape index (κ3) is 8.35. The SMILES string of the molecule is CCCCC[C@H](C)NC(=O)C[NH+]1CC[NH+](CC(=O)Nc2ccc(F)cc2)CC1. The Balaban J connectivity index is 1.63. The van der Waals surface area contributed by atoms with E-state index in [9.17, 15) is 14.0 Å². The van der Waals surface area contributed by atoms with E-state index in [4.69, 9.17) is 0 Å². The Kier molecular flexibility index (Phi) is 9.37. The van der Waals surface area contributed by atoms with Crippen molar-refractivity contribution in [2.24, 2.45) is 0 Å². The highest BCUT2D eigenvalue weighted by molar-refractivity contribution is 5.91. The van der Waals surface area contributed by atoms with Crippen molar-refractivity contribution in [3.8, 4) is 0 Å². The van der Waals surface area contributed by atoms with E-state index in [-0.39, 0.29) is 23.7 Å². The zero-order valence-electron chi connectivity index (χ0n) is 17.2. The van der Waals surface area contributed by atoms with Crippen LogP contribution in [0.2, 0.25) is 0 Å². The Hall–Kier alpha value is -1.99. The van der Waals surface area contributed by atoms with Gasteiger partial charge >= 0.3 is 0 Å². The fourth-order valence-electron chi connectivity index (χ4n) is 3.60. The minimum Gasteiger partial charge on any atom is -0.349 e. The molecule has 1 fully saturated rings. The molecule has 28 heavy (non-hydrogen) atoms. The first-order valence-corrected chi connectivity index (χ1v) is 10.5. The van der Waals surface area contributed by atoms with Gasteiger partial charge in [0.25, 0.3) is 11.8 Å². The minimum atomic E-state index is -0.317.